The summed E-state index contributed by atoms with van der Waals surface area (Å²) in [6.07, 6.45) is 1.91. The standard InChI is InChI=1S/C8H11BrO2/c1-3-4-6-7(9)5(2)8(10)11-6/h6H,3-4H2,1-2H3. The Morgan fingerprint density at radius 3 is 2.64 bits per heavy atom. The number of hydrogen-bond donors (Lipinski definition) is 0. The van der Waals surface area contributed by atoms with Gasteiger partial charge in [0, 0.05) is 10.1 Å². The molecule has 11 heavy (non-hydrogen) atoms. The zero-order valence-electron chi connectivity index (χ0n) is 6.69. The second-order valence-electron chi connectivity index (χ2n) is 2.66. The predicted molar refractivity (Wildman–Crippen MR) is 46.4 cm³/mol. The Hall–Kier alpha value is -0.310. The van der Waals surface area contributed by atoms with Gasteiger partial charge in [-0.25, -0.2) is 4.79 Å². The zero-order valence-corrected chi connectivity index (χ0v) is 8.27. The molecule has 0 aromatic rings. The van der Waals surface area contributed by atoms with Crippen LogP contribution in [0.3, 0.4) is 0 Å². The van der Waals surface area contributed by atoms with Crippen molar-refractivity contribution in [1.82, 2.24) is 0 Å². The van der Waals surface area contributed by atoms with Crippen molar-refractivity contribution in [3.8, 4) is 0 Å². The normalized spacial score (nSPS) is 24.3. The summed E-state index contributed by atoms with van der Waals surface area (Å²) in [5, 5.41) is 0. The molecular weight excluding hydrogens is 208 g/mol. The van der Waals surface area contributed by atoms with Crippen LogP contribution in [0.25, 0.3) is 0 Å². The van der Waals surface area contributed by atoms with Crippen molar-refractivity contribution in [3.05, 3.63) is 10.1 Å². The van der Waals surface area contributed by atoms with E-state index in [-0.39, 0.29) is 12.1 Å². The molecular formula is C8H11BrO2. The second kappa shape index (κ2) is 3.39. The van der Waals surface area contributed by atoms with Crippen LogP contribution in [-0.2, 0) is 9.53 Å². The number of cyclic esters (lactones) is 1. The Morgan fingerprint density at radius 1 is 1.64 bits per heavy atom. The van der Waals surface area contributed by atoms with E-state index in [4.69, 9.17) is 4.74 Å². The molecule has 0 saturated carbocycles. The first-order valence-electron chi connectivity index (χ1n) is 3.74. The Labute approximate surface area is 74.7 Å². The van der Waals surface area contributed by atoms with Gasteiger partial charge in [-0.05, 0) is 13.3 Å². The zero-order chi connectivity index (χ0) is 8.43. The molecule has 0 amide bonds. The van der Waals surface area contributed by atoms with E-state index in [1.54, 1.807) is 6.92 Å². The molecule has 2 nitrogen and oxygen atoms in total. The van der Waals surface area contributed by atoms with E-state index in [0.29, 0.717) is 5.57 Å². The summed E-state index contributed by atoms with van der Waals surface area (Å²) in [5.41, 5.74) is 0.712. The molecule has 1 atom stereocenters. The Bertz CT molecular complexity index is 208. The molecule has 0 aromatic heterocycles. The van der Waals surface area contributed by atoms with Crippen molar-refractivity contribution in [3.63, 3.8) is 0 Å². The summed E-state index contributed by atoms with van der Waals surface area (Å²) >= 11 is 3.35. The minimum Gasteiger partial charge on any atom is -0.454 e. The van der Waals surface area contributed by atoms with E-state index in [0.717, 1.165) is 17.3 Å². The molecule has 0 spiro atoms. The highest BCUT2D eigenvalue weighted by molar-refractivity contribution is 9.11. The quantitative estimate of drug-likeness (QED) is 0.666. The summed E-state index contributed by atoms with van der Waals surface area (Å²) in [6.45, 7) is 3.85. The average molecular weight is 219 g/mol. The topological polar surface area (TPSA) is 26.3 Å². The molecule has 1 rings (SSSR count). The smallest absolute Gasteiger partial charge is 0.335 e. The van der Waals surface area contributed by atoms with Crippen molar-refractivity contribution in [1.29, 1.82) is 0 Å². The fourth-order valence-electron chi connectivity index (χ4n) is 1.06. The van der Waals surface area contributed by atoms with Crippen LogP contribution >= 0.6 is 15.9 Å². The summed E-state index contributed by atoms with van der Waals surface area (Å²) < 4.78 is 5.99. The van der Waals surface area contributed by atoms with Crippen molar-refractivity contribution < 1.29 is 9.53 Å². The van der Waals surface area contributed by atoms with Gasteiger partial charge in [0.25, 0.3) is 0 Å². The van der Waals surface area contributed by atoms with Gasteiger partial charge in [-0.2, -0.15) is 0 Å². The van der Waals surface area contributed by atoms with Crippen LogP contribution in [0.4, 0.5) is 0 Å². The van der Waals surface area contributed by atoms with Crippen molar-refractivity contribution in [2.45, 2.75) is 32.8 Å². The molecule has 0 aromatic carbocycles. The van der Waals surface area contributed by atoms with Gasteiger partial charge in [0.05, 0.1) is 0 Å². The van der Waals surface area contributed by atoms with Gasteiger partial charge in [0.2, 0.25) is 0 Å². The van der Waals surface area contributed by atoms with Crippen LogP contribution in [0.1, 0.15) is 26.7 Å². The fraction of sp³-hybridized carbons (Fsp3) is 0.625. The maximum absolute atomic E-state index is 11.0. The molecule has 0 fully saturated rings. The van der Waals surface area contributed by atoms with Crippen molar-refractivity contribution in [2.75, 3.05) is 0 Å². The first kappa shape index (κ1) is 8.78. The van der Waals surface area contributed by atoms with Crippen LogP contribution in [0.2, 0.25) is 0 Å². The number of rotatable bonds is 2. The van der Waals surface area contributed by atoms with E-state index in [2.05, 4.69) is 22.9 Å². The maximum atomic E-state index is 11.0. The maximum Gasteiger partial charge on any atom is 0.335 e. The van der Waals surface area contributed by atoms with Gasteiger partial charge < -0.3 is 4.74 Å². The highest BCUT2D eigenvalue weighted by atomic mass is 79.9. The third kappa shape index (κ3) is 1.64. The van der Waals surface area contributed by atoms with E-state index in [1.807, 2.05) is 0 Å². The molecule has 0 N–H and O–H groups in total. The summed E-state index contributed by atoms with van der Waals surface area (Å²) in [4.78, 5) is 11.0. The highest BCUT2D eigenvalue weighted by Crippen LogP contribution is 2.29. The lowest BCUT2D eigenvalue weighted by Gasteiger charge is -2.07. The van der Waals surface area contributed by atoms with Crippen LogP contribution in [0, 0.1) is 0 Å². The lowest BCUT2D eigenvalue weighted by atomic mass is 10.2. The lowest BCUT2D eigenvalue weighted by molar-refractivity contribution is -0.139. The molecule has 0 radical (unpaired) electrons. The SMILES string of the molecule is CCCC1OC(=O)C(C)=C1Br. The minimum atomic E-state index is -0.185. The molecule has 1 heterocycles. The van der Waals surface area contributed by atoms with Crippen LogP contribution < -0.4 is 0 Å². The minimum absolute atomic E-state index is 0.0208. The molecule has 1 aliphatic heterocycles. The molecule has 3 heteroatoms. The number of carbonyl (C=O) groups is 1. The van der Waals surface area contributed by atoms with E-state index in [9.17, 15) is 4.79 Å². The van der Waals surface area contributed by atoms with Gasteiger partial charge in [-0.15, -0.1) is 0 Å². The second-order valence-corrected chi connectivity index (χ2v) is 3.51. The van der Waals surface area contributed by atoms with Gasteiger partial charge in [0.15, 0.2) is 0 Å². The highest BCUT2D eigenvalue weighted by Gasteiger charge is 2.28. The van der Waals surface area contributed by atoms with Crippen molar-refractivity contribution in [2.24, 2.45) is 0 Å². The van der Waals surface area contributed by atoms with E-state index < -0.39 is 0 Å². The van der Waals surface area contributed by atoms with E-state index in [1.165, 1.54) is 0 Å². The lowest BCUT2D eigenvalue weighted by Crippen LogP contribution is -2.08. The Balaban J connectivity index is 2.69. The molecule has 0 aliphatic carbocycles. The number of carbonyl (C=O) groups excluding carboxylic acids is 1. The van der Waals surface area contributed by atoms with Crippen LogP contribution in [0.5, 0.6) is 0 Å². The number of ether oxygens (including phenoxy) is 1. The first-order valence-corrected chi connectivity index (χ1v) is 4.53. The monoisotopic (exact) mass is 218 g/mol. The van der Waals surface area contributed by atoms with Crippen LogP contribution in [-0.4, -0.2) is 12.1 Å². The first-order chi connectivity index (χ1) is 5.16. The molecule has 1 aliphatic rings. The van der Waals surface area contributed by atoms with Gasteiger partial charge >= 0.3 is 5.97 Å². The summed E-state index contributed by atoms with van der Waals surface area (Å²) in [5.74, 6) is -0.185. The van der Waals surface area contributed by atoms with Gasteiger partial charge in [0.1, 0.15) is 6.10 Å². The Morgan fingerprint density at radius 2 is 2.27 bits per heavy atom. The van der Waals surface area contributed by atoms with E-state index >= 15 is 0 Å². The summed E-state index contributed by atoms with van der Waals surface area (Å²) in [6, 6.07) is 0. The Kier molecular flexibility index (Phi) is 2.71. The number of hydrogen-bond acceptors (Lipinski definition) is 2. The van der Waals surface area contributed by atoms with Gasteiger partial charge in [-0.3, -0.25) is 0 Å². The van der Waals surface area contributed by atoms with Crippen molar-refractivity contribution >= 4 is 21.9 Å². The number of esters is 1. The number of halogens is 1. The van der Waals surface area contributed by atoms with Crippen LogP contribution in [0.15, 0.2) is 10.1 Å². The third-order valence-electron chi connectivity index (χ3n) is 1.75. The fourth-order valence-corrected chi connectivity index (χ4v) is 1.54. The molecule has 0 bridgehead atoms. The molecule has 0 saturated heterocycles. The molecule has 62 valence electrons. The largest absolute Gasteiger partial charge is 0.454 e. The van der Waals surface area contributed by atoms with Gasteiger partial charge in [-0.1, -0.05) is 29.3 Å². The molecule has 1 unspecified atom stereocenters. The summed E-state index contributed by atoms with van der Waals surface area (Å²) in [7, 11) is 0. The third-order valence-corrected chi connectivity index (χ3v) is 2.85. The predicted octanol–water partition coefficient (Wildman–Crippen LogP) is 2.38. The average Bonchev–Trinajstić information content (AvgIpc) is 2.19.